The van der Waals surface area contributed by atoms with Gasteiger partial charge in [0.1, 0.15) is 0 Å². The van der Waals surface area contributed by atoms with E-state index in [1.54, 1.807) is 0 Å². The van der Waals surface area contributed by atoms with E-state index in [-0.39, 0.29) is 27.3 Å². The molecule has 138 valence electrons. The van der Waals surface area contributed by atoms with E-state index in [1.165, 1.54) is 0 Å². The normalized spacial score (nSPS) is 27.5. The van der Waals surface area contributed by atoms with E-state index in [1.807, 2.05) is 7.11 Å². The molecule has 0 aromatic carbocycles. The molecule has 0 N–H and O–H groups in total. The third-order valence-electron chi connectivity index (χ3n) is 5.78. The third-order valence-corrected chi connectivity index (χ3v) is 17.5. The van der Waals surface area contributed by atoms with Crippen molar-refractivity contribution in [2.24, 2.45) is 0 Å². The molecule has 1 aliphatic rings. The van der Waals surface area contributed by atoms with Gasteiger partial charge in [0.05, 0.1) is 0 Å². The Morgan fingerprint density at radius 3 is 1.65 bits per heavy atom. The first kappa shape index (κ1) is 21.9. The predicted octanol–water partition coefficient (Wildman–Crippen LogP) is 4.88. The zero-order chi connectivity index (χ0) is 18.3. The molecule has 3 nitrogen and oxygen atoms in total. The Balaban J connectivity index is 2.96. The van der Waals surface area contributed by atoms with Crippen molar-refractivity contribution < 1.29 is 13.6 Å². The topological polar surface area (TPSA) is 27.7 Å². The second-order valence-electron chi connectivity index (χ2n) is 9.70. The summed E-state index contributed by atoms with van der Waals surface area (Å²) in [6, 6.07) is 0. The summed E-state index contributed by atoms with van der Waals surface area (Å²) < 4.78 is 19.3. The van der Waals surface area contributed by atoms with Gasteiger partial charge >= 0.3 is 153 Å². The zero-order valence-electron chi connectivity index (χ0n) is 17.1. The summed E-state index contributed by atoms with van der Waals surface area (Å²) in [4.78, 5) is 0. The van der Waals surface area contributed by atoms with Crippen LogP contribution in [0, 0.1) is 0 Å². The van der Waals surface area contributed by atoms with Crippen LogP contribution in [0.25, 0.3) is 0 Å². The number of hydrogen-bond acceptors (Lipinski definition) is 3. The summed E-state index contributed by atoms with van der Waals surface area (Å²) >= 11 is 0.439. The Labute approximate surface area is 152 Å². The van der Waals surface area contributed by atoms with Crippen molar-refractivity contribution in [3.63, 3.8) is 0 Å². The van der Waals surface area contributed by atoms with Gasteiger partial charge in [-0.25, -0.2) is 0 Å². The van der Waals surface area contributed by atoms with E-state index < -0.39 is 16.6 Å². The molecule has 1 saturated heterocycles. The van der Waals surface area contributed by atoms with Crippen molar-refractivity contribution in [2.45, 2.75) is 100 Å². The molecule has 0 aromatic rings. The Kier molecular flexibility index (Phi) is 6.86. The van der Waals surface area contributed by atoms with Crippen LogP contribution in [0.15, 0.2) is 0 Å². The van der Waals surface area contributed by atoms with Gasteiger partial charge in [-0.1, -0.05) is 0 Å². The van der Waals surface area contributed by atoms with Crippen LogP contribution in [-0.4, -0.2) is 55.9 Å². The molecule has 0 amide bonds. The molecule has 6 heteroatoms. The first-order valence-electron chi connectivity index (χ1n) is 8.62. The average molecular weight is 426 g/mol. The molecule has 23 heavy (non-hydrogen) atoms. The molecule has 1 fully saturated rings. The average Bonchev–Trinajstić information content (AvgIpc) is 2.67. The van der Waals surface area contributed by atoms with E-state index in [2.05, 4.69) is 67.7 Å². The second kappa shape index (κ2) is 7.22. The molecule has 1 unspecified atom stereocenters. The summed E-state index contributed by atoms with van der Waals surface area (Å²) in [5.74, 6) is 0. The summed E-state index contributed by atoms with van der Waals surface area (Å²) in [6.45, 7) is 23.1. The molecule has 1 heterocycles. The molecule has 1 rings (SSSR count). The van der Waals surface area contributed by atoms with E-state index >= 15 is 0 Å². The van der Waals surface area contributed by atoms with Crippen LogP contribution in [0.3, 0.4) is 0 Å². The van der Waals surface area contributed by atoms with Crippen molar-refractivity contribution >= 4 is 31.6 Å². The quantitative estimate of drug-likeness (QED) is 0.588. The van der Waals surface area contributed by atoms with Gasteiger partial charge in [-0.15, -0.1) is 0 Å². The molecule has 0 saturated carbocycles. The van der Waals surface area contributed by atoms with Gasteiger partial charge in [-0.3, -0.25) is 0 Å². The Hall–Kier alpha value is 0.833. The minimum atomic E-state index is -1.83. The number of ether oxygens (including phenoxy) is 1. The molecule has 1 aliphatic heterocycles. The van der Waals surface area contributed by atoms with Crippen molar-refractivity contribution in [2.75, 3.05) is 7.11 Å². The van der Waals surface area contributed by atoms with Crippen LogP contribution < -0.4 is 0 Å². The molecule has 0 radical (unpaired) electrons. The number of methoxy groups -OCH3 is 1. The number of hydrogen-bond donors (Lipinski definition) is 0. The Morgan fingerprint density at radius 2 is 1.26 bits per heavy atom. The number of rotatable bonds is 5. The van der Waals surface area contributed by atoms with Crippen LogP contribution in [0.1, 0.15) is 41.5 Å². The summed E-state index contributed by atoms with van der Waals surface area (Å²) in [7, 11) is -1.79. The van der Waals surface area contributed by atoms with Crippen molar-refractivity contribution in [1.29, 1.82) is 0 Å². The molecular weight excluding hydrogens is 387 g/mol. The molecular formula is C17H38O3SeSi2. The second-order valence-corrected chi connectivity index (χ2v) is 21.6. The van der Waals surface area contributed by atoms with Gasteiger partial charge in [0.2, 0.25) is 0 Å². The minimum absolute atomic E-state index is 0.106. The van der Waals surface area contributed by atoms with Gasteiger partial charge in [-0.05, 0) is 0 Å². The van der Waals surface area contributed by atoms with Crippen molar-refractivity contribution in [1.82, 2.24) is 0 Å². The summed E-state index contributed by atoms with van der Waals surface area (Å²) in [5.41, 5.74) is 0. The molecule has 0 aliphatic carbocycles. The Morgan fingerprint density at radius 1 is 0.826 bits per heavy atom. The fraction of sp³-hybridized carbons (Fsp3) is 1.00. The van der Waals surface area contributed by atoms with Crippen molar-refractivity contribution in [3.8, 4) is 0 Å². The van der Waals surface area contributed by atoms with E-state index in [0.717, 1.165) is 5.32 Å². The molecule has 0 bridgehead atoms. The van der Waals surface area contributed by atoms with E-state index in [0.29, 0.717) is 15.0 Å². The maximum atomic E-state index is 6.76. The Bertz CT molecular complexity index is 400. The SMILES string of the molecule is COC1[Se]C[C@H](O[Si](C)(C)C(C)(C)C)[C@H]1O[Si](C)(C)C(C)(C)C. The van der Waals surface area contributed by atoms with Gasteiger partial charge in [0.15, 0.2) is 0 Å². The van der Waals surface area contributed by atoms with Crippen LogP contribution in [0.4, 0.5) is 0 Å². The molecule has 3 atom stereocenters. The first-order chi connectivity index (χ1) is 10.1. The fourth-order valence-electron chi connectivity index (χ4n) is 2.06. The van der Waals surface area contributed by atoms with Crippen LogP contribution in [0.5, 0.6) is 0 Å². The maximum absolute atomic E-state index is 6.76. The molecule has 0 aromatic heterocycles. The van der Waals surface area contributed by atoms with Crippen LogP contribution >= 0.6 is 0 Å². The first-order valence-corrected chi connectivity index (χ1v) is 16.6. The van der Waals surface area contributed by atoms with E-state index in [4.69, 9.17) is 13.6 Å². The predicted molar refractivity (Wildman–Crippen MR) is 105 cm³/mol. The fourth-order valence-corrected chi connectivity index (χ4v) is 7.69. The standard InChI is InChI=1S/C17H38O3SeSi2/c1-16(2,3)22(8,9)19-13-12-21-15(18-7)14(13)20-23(10,11)17(4,5)6/h13-15H,12H2,1-11H3/t13-,14+,15?/m0/s1. The van der Waals surface area contributed by atoms with Crippen LogP contribution in [0.2, 0.25) is 41.6 Å². The van der Waals surface area contributed by atoms with E-state index in [9.17, 15) is 0 Å². The summed E-state index contributed by atoms with van der Waals surface area (Å²) in [6.07, 6.45) is 0.310. The zero-order valence-corrected chi connectivity index (χ0v) is 20.8. The third kappa shape index (κ3) is 5.16. The van der Waals surface area contributed by atoms with Gasteiger partial charge in [-0.2, -0.15) is 0 Å². The monoisotopic (exact) mass is 426 g/mol. The van der Waals surface area contributed by atoms with Crippen molar-refractivity contribution in [3.05, 3.63) is 0 Å². The summed E-state index contributed by atoms with van der Waals surface area (Å²) in [5, 5.41) is 1.78. The van der Waals surface area contributed by atoms with Gasteiger partial charge in [0.25, 0.3) is 0 Å². The molecule has 0 spiro atoms. The van der Waals surface area contributed by atoms with Gasteiger partial charge < -0.3 is 0 Å². The van der Waals surface area contributed by atoms with Crippen LogP contribution in [-0.2, 0) is 13.6 Å². The van der Waals surface area contributed by atoms with Gasteiger partial charge in [0, 0.05) is 0 Å².